The number of nitrogens with zero attached hydrogens (tertiary/aromatic N) is 1. The van der Waals surface area contributed by atoms with Gasteiger partial charge in [-0.2, -0.15) is 0 Å². The fourth-order valence-electron chi connectivity index (χ4n) is 1.15. The van der Waals surface area contributed by atoms with Gasteiger partial charge in [-0.15, -0.1) is 0 Å². The van der Waals surface area contributed by atoms with Crippen molar-refractivity contribution in [3.63, 3.8) is 0 Å². The maximum absolute atomic E-state index is 12.2. The zero-order valence-electron chi connectivity index (χ0n) is 8.52. The van der Waals surface area contributed by atoms with E-state index in [1.54, 1.807) is 18.3 Å². The summed E-state index contributed by atoms with van der Waals surface area (Å²) in [4.78, 5) is 4.09. The van der Waals surface area contributed by atoms with Crippen molar-refractivity contribution in [1.29, 1.82) is 0 Å². The number of thiazole rings is 1. The lowest BCUT2D eigenvalue weighted by Crippen LogP contribution is -2.13. The lowest BCUT2D eigenvalue weighted by atomic mass is 10.4. The van der Waals surface area contributed by atoms with E-state index in [1.165, 1.54) is 17.4 Å². The first-order valence-corrected chi connectivity index (χ1v) is 9.15. The monoisotopic (exact) mass is 474 g/mol. The topological polar surface area (TPSA) is 59.1 Å². The number of sulfonamides is 1. The van der Waals surface area contributed by atoms with Crippen LogP contribution in [0.1, 0.15) is 0 Å². The normalized spacial score (nSPS) is 11.5. The van der Waals surface area contributed by atoms with Crippen molar-refractivity contribution in [2.45, 2.75) is 4.90 Å². The average molecular weight is 477 g/mol. The minimum Gasteiger partial charge on any atom is -0.255 e. The summed E-state index contributed by atoms with van der Waals surface area (Å²) in [5.41, 5.74) is 0. The lowest BCUT2D eigenvalue weighted by molar-refractivity contribution is 0.600. The highest BCUT2D eigenvalue weighted by molar-refractivity contribution is 9.11. The predicted molar refractivity (Wildman–Crippen MR) is 82.5 cm³/mol. The molecule has 0 aliphatic carbocycles. The molecular formula is C9H5Br3N2O2S2. The van der Waals surface area contributed by atoms with Gasteiger partial charge < -0.3 is 0 Å². The molecule has 18 heavy (non-hydrogen) atoms. The minimum atomic E-state index is -3.65. The van der Waals surface area contributed by atoms with Gasteiger partial charge in [-0.1, -0.05) is 27.3 Å². The maximum atomic E-state index is 12.2. The highest BCUT2D eigenvalue weighted by Crippen LogP contribution is 2.29. The van der Waals surface area contributed by atoms with E-state index in [1.807, 2.05) is 0 Å². The number of anilines is 1. The molecule has 0 saturated heterocycles. The minimum absolute atomic E-state index is 0.156. The number of benzene rings is 1. The molecular weight excluding hydrogens is 472 g/mol. The van der Waals surface area contributed by atoms with Gasteiger partial charge in [0.05, 0.1) is 9.98 Å². The van der Waals surface area contributed by atoms with Crippen molar-refractivity contribution < 1.29 is 8.42 Å². The molecule has 0 saturated carbocycles. The quantitative estimate of drug-likeness (QED) is 0.721. The van der Waals surface area contributed by atoms with Gasteiger partial charge >= 0.3 is 0 Å². The fraction of sp³-hybridized carbons (Fsp3) is 0. The maximum Gasteiger partial charge on any atom is 0.264 e. The van der Waals surface area contributed by atoms with Crippen LogP contribution in [0, 0.1) is 0 Å². The summed E-state index contributed by atoms with van der Waals surface area (Å²) >= 11 is 10.9. The molecule has 0 atom stereocenters. The van der Waals surface area contributed by atoms with Crippen LogP contribution in [-0.4, -0.2) is 13.4 Å². The van der Waals surface area contributed by atoms with E-state index in [0.717, 1.165) is 3.79 Å². The van der Waals surface area contributed by atoms with Crippen LogP contribution in [0.4, 0.5) is 5.13 Å². The Balaban J connectivity index is 2.39. The third-order valence-corrected chi connectivity index (χ3v) is 6.23. The Morgan fingerprint density at radius 2 is 1.94 bits per heavy atom. The number of hydrogen-bond acceptors (Lipinski definition) is 4. The van der Waals surface area contributed by atoms with E-state index >= 15 is 0 Å². The number of halogens is 3. The molecule has 0 fully saturated rings. The van der Waals surface area contributed by atoms with Crippen LogP contribution >= 0.6 is 59.1 Å². The van der Waals surface area contributed by atoms with Gasteiger partial charge in [0.25, 0.3) is 10.0 Å². The summed E-state index contributed by atoms with van der Waals surface area (Å²) in [7, 11) is -3.65. The van der Waals surface area contributed by atoms with Crippen LogP contribution < -0.4 is 4.72 Å². The van der Waals surface area contributed by atoms with E-state index in [0.29, 0.717) is 14.1 Å². The molecule has 96 valence electrons. The highest BCUT2D eigenvalue weighted by atomic mass is 79.9. The molecule has 0 unspecified atom stereocenters. The molecule has 0 bridgehead atoms. The van der Waals surface area contributed by atoms with Crippen LogP contribution in [0.5, 0.6) is 0 Å². The van der Waals surface area contributed by atoms with Crippen molar-refractivity contribution >= 4 is 74.3 Å². The summed E-state index contributed by atoms with van der Waals surface area (Å²) in [5, 5.41) is 0.314. The molecule has 1 heterocycles. The second-order valence-corrected chi connectivity index (χ2v) is 8.98. The standard InChI is InChI=1S/C9H5Br3N2O2S2/c10-5-1-2-6(11)7(3-5)18(15,16)14-9-13-4-8(12)17-9/h1-4H,(H,13,14). The number of rotatable bonds is 3. The van der Waals surface area contributed by atoms with E-state index < -0.39 is 10.0 Å². The van der Waals surface area contributed by atoms with Gasteiger partial charge in [0.2, 0.25) is 0 Å². The van der Waals surface area contributed by atoms with Gasteiger partial charge in [-0.25, -0.2) is 13.4 Å². The summed E-state index contributed by atoms with van der Waals surface area (Å²) in [6.45, 7) is 0. The third kappa shape index (κ3) is 3.32. The second kappa shape index (κ2) is 5.58. The van der Waals surface area contributed by atoms with E-state index in [-0.39, 0.29) is 4.90 Å². The van der Waals surface area contributed by atoms with Crippen LogP contribution in [-0.2, 0) is 10.0 Å². The summed E-state index contributed by atoms with van der Waals surface area (Å²) in [6.07, 6.45) is 1.54. The van der Waals surface area contributed by atoms with E-state index in [9.17, 15) is 8.42 Å². The van der Waals surface area contributed by atoms with Crippen LogP contribution in [0.15, 0.2) is 42.0 Å². The molecule has 1 N–H and O–H groups in total. The number of aromatic nitrogens is 1. The Labute approximate surface area is 133 Å². The fourth-order valence-corrected chi connectivity index (χ4v) is 5.01. The SMILES string of the molecule is O=S(=O)(Nc1ncc(Br)s1)c1cc(Br)ccc1Br. The molecule has 0 aliphatic heterocycles. The predicted octanol–water partition coefficient (Wildman–Crippen LogP) is 4.23. The Morgan fingerprint density at radius 3 is 2.56 bits per heavy atom. The van der Waals surface area contributed by atoms with Crippen molar-refractivity contribution in [2.75, 3.05) is 4.72 Å². The molecule has 9 heteroatoms. The Morgan fingerprint density at radius 1 is 1.22 bits per heavy atom. The Hall–Kier alpha value is 0.0400. The second-order valence-electron chi connectivity index (χ2n) is 3.15. The summed E-state index contributed by atoms with van der Waals surface area (Å²) in [6, 6.07) is 4.94. The molecule has 2 rings (SSSR count). The first-order valence-electron chi connectivity index (χ1n) is 4.48. The zero-order valence-corrected chi connectivity index (χ0v) is 14.9. The highest BCUT2D eigenvalue weighted by Gasteiger charge is 2.19. The smallest absolute Gasteiger partial charge is 0.255 e. The largest absolute Gasteiger partial charge is 0.264 e. The van der Waals surface area contributed by atoms with Gasteiger partial charge in [0.1, 0.15) is 4.90 Å². The first-order chi connectivity index (χ1) is 8.38. The molecule has 1 aromatic carbocycles. The molecule has 0 aliphatic rings. The Kier molecular flexibility index (Phi) is 4.48. The van der Waals surface area contributed by atoms with Crippen molar-refractivity contribution in [2.24, 2.45) is 0 Å². The van der Waals surface area contributed by atoms with Gasteiger partial charge in [-0.05, 0) is 50.1 Å². The molecule has 0 spiro atoms. The number of hydrogen-bond donors (Lipinski definition) is 1. The van der Waals surface area contributed by atoms with Gasteiger partial charge in [0.15, 0.2) is 5.13 Å². The molecule has 1 aromatic heterocycles. The van der Waals surface area contributed by atoms with Crippen molar-refractivity contribution in [3.8, 4) is 0 Å². The third-order valence-electron chi connectivity index (χ3n) is 1.88. The average Bonchev–Trinajstić information content (AvgIpc) is 2.66. The van der Waals surface area contributed by atoms with E-state index in [4.69, 9.17) is 0 Å². The van der Waals surface area contributed by atoms with Crippen LogP contribution in [0.25, 0.3) is 0 Å². The zero-order chi connectivity index (χ0) is 13.3. The van der Waals surface area contributed by atoms with Gasteiger partial charge in [0, 0.05) is 8.95 Å². The van der Waals surface area contributed by atoms with Gasteiger partial charge in [-0.3, -0.25) is 4.72 Å². The molecule has 4 nitrogen and oxygen atoms in total. The molecule has 0 amide bonds. The first kappa shape index (κ1) is 14.4. The lowest BCUT2D eigenvalue weighted by Gasteiger charge is -2.07. The number of nitrogens with one attached hydrogen (secondary N) is 1. The summed E-state index contributed by atoms with van der Waals surface area (Å²) < 4.78 is 28.7. The van der Waals surface area contributed by atoms with Crippen LogP contribution in [0.3, 0.4) is 0 Å². The van der Waals surface area contributed by atoms with Crippen LogP contribution in [0.2, 0.25) is 0 Å². The molecule has 0 radical (unpaired) electrons. The van der Waals surface area contributed by atoms with Crippen molar-refractivity contribution in [3.05, 3.63) is 37.1 Å². The molecule has 2 aromatic rings. The Bertz CT molecular complexity index is 685. The van der Waals surface area contributed by atoms with Crippen molar-refractivity contribution in [1.82, 2.24) is 4.98 Å². The summed E-state index contributed by atoms with van der Waals surface area (Å²) in [5.74, 6) is 0. The van der Waals surface area contributed by atoms with E-state index in [2.05, 4.69) is 57.5 Å².